The van der Waals surface area contributed by atoms with Crippen molar-refractivity contribution in [3.05, 3.63) is 64.6 Å². The highest BCUT2D eigenvalue weighted by molar-refractivity contribution is 9.10. The van der Waals surface area contributed by atoms with E-state index in [0.29, 0.717) is 5.95 Å². The first-order valence-electron chi connectivity index (χ1n) is 8.25. The Morgan fingerprint density at radius 3 is 2.40 bits per heavy atom. The smallest absolute Gasteiger partial charge is 0.225 e. The largest absolute Gasteiger partial charge is 0.352 e. The van der Waals surface area contributed by atoms with Gasteiger partial charge in [-0.3, -0.25) is 0 Å². The lowest BCUT2D eigenvalue weighted by atomic mass is 10.1. The van der Waals surface area contributed by atoms with E-state index < -0.39 is 0 Å². The molecule has 2 aromatic carbocycles. The van der Waals surface area contributed by atoms with Crippen LogP contribution in [-0.2, 0) is 0 Å². The number of aryl methyl sites for hydroxylation is 1. The first kappa shape index (κ1) is 17.4. The molecule has 0 unspecified atom stereocenters. The highest BCUT2D eigenvalue weighted by Crippen LogP contribution is 2.26. The molecule has 1 aromatic heterocycles. The molecule has 0 saturated carbocycles. The molecule has 0 aliphatic carbocycles. The number of rotatable bonds is 5. The quantitative estimate of drug-likeness (QED) is 0.573. The fourth-order valence-electron chi connectivity index (χ4n) is 2.46. The van der Waals surface area contributed by atoms with Crippen molar-refractivity contribution in [1.82, 2.24) is 9.97 Å². The zero-order valence-corrected chi connectivity index (χ0v) is 16.1. The van der Waals surface area contributed by atoms with Gasteiger partial charge in [0.1, 0.15) is 5.82 Å². The minimum atomic E-state index is 0.258. The molecular formula is C20H21BrN4. The van der Waals surface area contributed by atoms with Crippen molar-refractivity contribution in [3.8, 4) is 11.3 Å². The summed E-state index contributed by atoms with van der Waals surface area (Å²) in [6, 6.07) is 18.5. The predicted molar refractivity (Wildman–Crippen MR) is 108 cm³/mol. The van der Waals surface area contributed by atoms with Crippen LogP contribution < -0.4 is 10.6 Å². The Kier molecular flexibility index (Phi) is 5.34. The number of halogens is 1. The van der Waals surface area contributed by atoms with Crippen LogP contribution >= 0.6 is 15.9 Å². The number of hydrogen-bond donors (Lipinski definition) is 2. The van der Waals surface area contributed by atoms with Crippen LogP contribution in [0.25, 0.3) is 11.3 Å². The van der Waals surface area contributed by atoms with Gasteiger partial charge in [-0.2, -0.15) is 4.98 Å². The second-order valence-corrected chi connectivity index (χ2v) is 7.07. The minimum absolute atomic E-state index is 0.258. The number of aromatic nitrogens is 2. The third kappa shape index (κ3) is 4.57. The summed E-state index contributed by atoms with van der Waals surface area (Å²) in [5.74, 6) is 1.38. The maximum Gasteiger partial charge on any atom is 0.225 e. The highest BCUT2D eigenvalue weighted by atomic mass is 79.9. The Morgan fingerprint density at radius 2 is 1.72 bits per heavy atom. The van der Waals surface area contributed by atoms with Crippen molar-refractivity contribution in [3.63, 3.8) is 0 Å². The van der Waals surface area contributed by atoms with E-state index in [1.165, 1.54) is 5.56 Å². The lowest BCUT2D eigenvalue weighted by molar-refractivity contribution is 0.876. The van der Waals surface area contributed by atoms with E-state index in [9.17, 15) is 0 Å². The Hall–Kier alpha value is -2.40. The number of nitrogens with one attached hydrogen (secondary N) is 2. The van der Waals surface area contributed by atoms with Crippen molar-refractivity contribution in [2.75, 3.05) is 10.6 Å². The number of nitrogens with zero attached hydrogens (tertiary/aromatic N) is 2. The summed E-state index contributed by atoms with van der Waals surface area (Å²) in [4.78, 5) is 9.25. The van der Waals surface area contributed by atoms with Crippen molar-refractivity contribution < 1.29 is 0 Å². The molecule has 0 bridgehead atoms. The summed E-state index contributed by atoms with van der Waals surface area (Å²) in [5.41, 5.74) is 4.11. The van der Waals surface area contributed by atoms with E-state index in [1.54, 1.807) is 0 Å². The van der Waals surface area contributed by atoms with Crippen LogP contribution in [0.5, 0.6) is 0 Å². The first-order valence-corrected chi connectivity index (χ1v) is 9.05. The zero-order valence-electron chi connectivity index (χ0n) is 14.5. The second-order valence-electron chi connectivity index (χ2n) is 6.22. The van der Waals surface area contributed by atoms with Crippen LogP contribution in [0.1, 0.15) is 19.4 Å². The van der Waals surface area contributed by atoms with Crippen LogP contribution in [-0.4, -0.2) is 16.0 Å². The van der Waals surface area contributed by atoms with E-state index in [0.717, 1.165) is 27.2 Å². The lowest BCUT2D eigenvalue weighted by Crippen LogP contribution is -2.13. The standard InChI is InChI=1S/C20H21BrN4/c1-13(2)22-20-24-18(15-7-5-4-6-8-15)12-19(25-20)23-16-9-10-17(21)14(3)11-16/h4-13H,1-3H3,(H2,22,23,24,25). The molecule has 3 aromatic rings. The van der Waals surface area contributed by atoms with Crippen LogP contribution in [0, 0.1) is 6.92 Å². The molecule has 128 valence electrons. The lowest BCUT2D eigenvalue weighted by Gasteiger charge is -2.13. The number of hydrogen-bond acceptors (Lipinski definition) is 4. The van der Waals surface area contributed by atoms with E-state index in [4.69, 9.17) is 0 Å². The van der Waals surface area contributed by atoms with Gasteiger partial charge >= 0.3 is 0 Å². The summed E-state index contributed by atoms with van der Waals surface area (Å²) in [7, 11) is 0. The topological polar surface area (TPSA) is 49.8 Å². The fraction of sp³-hybridized carbons (Fsp3) is 0.200. The molecule has 0 saturated heterocycles. The average Bonchev–Trinajstić information content (AvgIpc) is 2.58. The van der Waals surface area contributed by atoms with E-state index in [2.05, 4.69) is 75.5 Å². The Morgan fingerprint density at radius 1 is 0.960 bits per heavy atom. The van der Waals surface area contributed by atoms with Crippen molar-refractivity contribution in [2.24, 2.45) is 0 Å². The van der Waals surface area contributed by atoms with Gasteiger partial charge in [0.2, 0.25) is 5.95 Å². The van der Waals surface area contributed by atoms with E-state index in [-0.39, 0.29) is 6.04 Å². The maximum absolute atomic E-state index is 4.65. The van der Waals surface area contributed by atoms with Gasteiger partial charge in [-0.25, -0.2) is 4.98 Å². The second kappa shape index (κ2) is 7.66. The molecular weight excluding hydrogens is 376 g/mol. The molecule has 0 fully saturated rings. The third-order valence-corrected chi connectivity index (χ3v) is 4.53. The van der Waals surface area contributed by atoms with Gasteiger partial charge in [-0.1, -0.05) is 46.3 Å². The summed E-state index contributed by atoms with van der Waals surface area (Å²) in [6.45, 7) is 6.21. The molecule has 5 heteroatoms. The molecule has 3 rings (SSSR count). The first-order chi connectivity index (χ1) is 12.0. The number of benzene rings is 2. The fourth-order valence-corrected chi connectivity index (χ4v) is 2.71. The van der Waals surface area contributed by atoms with Crippen LogP contribution in [0.4, 0.5) is 17.5 Å². The molecule has 0 atom stereocenters. The van der Waals surface area contributed by atoms with Gasteiger partial charge in [0.15, 0.2) is 0 Å². The van der Waals surface area contributed by atoms with Crippen molar-refractivity contribution in [2.45, 2.75) is 26.8 Å². The third-order valence-electron chi connectivity index (χ3n) is 3.64. The average molecular weight is 397 g/mol. The molecule has 2 N–H and O–H groups in total. The van der Waals surface area contributed by atoms with Gasteiger partial charge in [0.05, 0.1) is 5.69 Å². The molecule has 0 spiro atoms. The summed E-state index contributed by atoms with van der Waals surface area (Å²) < 4.78 is 1.09. The van der Waals surface area contributed by atoms with Crippen molar-refractivity contribution in [1.29, 1.82) is 0 Å². The Bertz CT molecular complexity index is 863. The SMILES string of the molecule is Cc1cc(Nc2cc(-c3ccccc3)nc(NC(C)C)n2)ccc1Br. The van der Waals surface area contributed by atoms with Crippen molar-refractivity contribution >= 4 is 33.4 Å². The predicted octanol–water partition coefficient (Wildman–Crippen LogP) is 5.78. The summed E-state index contributed by atoms with van der Waals surface area (Å²) >= 11 is 3.53. The summed E-state index contributed by atoms with van der Waals surface area (Å²) in [5, 5.41) is 6.68. The Balaban J connectivity index is 1.98. The monoisotopic (exact) mass is 396 g/mol. The molecule has 4 nitrogen and oxygen atoms in total. The minimum Gasteiger partial charge on any atom is -0.352 e. The van der Waals surface area contributed by atoms with Gasteiger partial charge in [-0.15, -0.1) is 0 Å². The van der Waals surface area contributed by atoms with Crippen LogP contribution in [0.3, 0.4) is 0 Å². The maximum atomic E-state index is 4.65. The normalized spacial score (nSPS) is 10.8. The highest BCUT2D eigenvalue weighted by Gasteiger charge is 2.08. The molecule has 0 aliphatic heterocycles. The van der Waals surface area contributed by atoms with Crippen LogP contribution in [0.15, 0.2) is 59.1 Å². The van der Waals surface area contributed by atoms with Gasteiger partial charge in [0, 0.05) is 27.8 Å². The molecule has 25 heavy (non-hydrogen) atoms. The number of anilines is 3. The molecule has 0 radical (unpaired) electrons. The van der Waals surface area contributed by atoms with Crippen LogP contribution in [0.2, 0.25) is 0 Å². The molecule has 1 heterocycles. The summed E-state index contributed by atoms with van der Waals surface area (Å²) in [6.07, 6.45) is 0. The Labute approximate surface area is 156 Å². The molecule has 0 aliphatic rings. The zero-order chi connectivity index (χ0) is 17.8. The van der Waals surface area contributed by atoms with E-state index >= 15 is 0 Å². The van der Waals surface area contributed by atoms with E-state index in [1.807, 2.05) is 36.4 Å². The van der Waals surface area contributed by atoms with Gasteiger partial charge < -0.3 is 10.6 Å². The van der Waals surface area contributed by atoms with Gasteiger partial charge in [0.25, 0.3) is 0 Å². The molecule has 0 amide bonds. The van der Waals surface area contributed by atoms with Gasteiger partial charge in [-0.05, 0) is 44.5 Å².